The predicted molar refractivity (Wildman–Crippen MR) is 74.0 cm³/mol. The third kappa shape index (κ3) is 2.65. The van der Waals surface area contributed by atoms with Crippen LogP contribution in [-0.4, -0.2) is 56.0 Å². The van der Waals surface area contributed by atoms with E-state index in [9.17, 15) is 9.59 Å². The van der Waals surface area contributed by atoms with Crippen molar-refractivity contribution in [1.82, 2.24) is 4.90 Å². The minimum atomic E-state index is -0.983. The molecule has 2 bridgehead atoms. The summed E-state index contributed by atoms with van der Waals surface area (Å²) in [5, 5.41) is 0. The molecule has 3 rings (SSSR count). The van der Waals surface area contributed by atoms with Crippen LogP contribution >= 0.6 is 0 Å². The van der Waals surface area contributed by atoms with Crippen molar-refractivity contribution in [3.05, 3.63) is 29.8 Å². The second-order valence-corrected chi connectivity index (χ2v) is 5.13. The summed E-state index contributed by atoms with van der Waals surface area (Å²) in [7, 11) is 2.86. The Morgan fingerprint density at radius 2 is 2.00 bits per heavy atom. The lowest BCUT2D eigenvalue weighted by molar-refractivity contribution is -0.162. The maximum absolute atomic E-state index is 12.4. The van der Waals surface area contributed by atoms with Crippen LogP contribution in [0.25, 0.3) is 0 Å². The van der Waals surface area contributed by atoms with Gasteiger partial charge >= 0.3 is 5.97 Å². The van der Waals surface area contributed by atoms with Gasteiger partial charge in [-0.15, -0.1) is 0 Å². The van der Waals surface area contributed by atoms with Crippen molar-refractivity contribution < 1.29 is 28.5 Å². The molecule has 22 heavy (non-hydrogen) atoms. The number of esters is 1. The number of carbonyl (C=O) groups excluding carboxylic acids is 2. The van der Waals surface area contributed by atoms with Crippen molar-refractivity contribution in [2.45, 2.75) is 25.0 Å². The van der Waals surface area contributed by atoms with E-state index >= 15 is 0 Å². The number of morpholine rings is 1. The number of hydrogen-bond acceptors (Lipinski definition) is 6. The normalized spacial score (nSPS) is 26.9. The maximum Gasteiger partial charge on any atom is 0.338 e. The molecule has 2 saturated heterocycles. The first-order valence-electron chi connectivity index (χ1n) is 6.93. The number of nitrogens with zero attached hydrogens (tertiary/aromatic N) is 1. The van der Waals surface area contributed by atoms with Gasteiger partial charge in [0.2, 0.25) is 0 Å². The van der Waals surface area contributed by atoms with Gasteiger partial charge < -0.3 is 23.8 Å². The highest BCUT2D eigenvalue weighted by Gasteiger charge is 2.51. The third-order valence-corrected chi connectivity index (χ3v) is 3.76. The van der Waals surface area contributed by atoms with Crippen LogP contribution in [0.3, 0.4) is 0 Å². The van der Waals surface area contributed by atoms with E-state index in [1.165, 1.54) is 7.11 Å². The summed E-state index contributed by atoms with van der Waals surface area (Å²) < 4.78 is 20.6. The Hall–Kier alpha value is -2.12. The van der Waals surface area contributed by atoms with Gasteiger partial charge in [0.1, 0.15) is 5.75 Å². The van der Waals surface area contributed by atoms with Gasteiger partial charge in [0.05, 0.1) is 20.8 Å². The van der Waals surface area contributed by atoms with E-state index in [1.807, 2.05) is 24.3 Å². The Labute approximate surface area is 127 Å². The van der Waals surface area contributed by atoms with Crippen molar-refractivity contribution >= 4 is 11.9 Å². The van der Waals surface area contributed by atoms with E-state index < -0.39 is 24.5 Å². The monoisotopic (exact) mass is 307 g/mol. The Morgan fingerprint density at radius 3 is 2.64 bits per heavy atom. The molecule has 0 N–H and O–H groups in total. The second-order valence-electron chi connectivity index (χ2n) is 5.13. The average Bonchev–Trinajstić information content (AvgIpc) is 2.92. The van der Waals surface area contributed by atoms with Gasteiger partial charge in [-0.3, -0.25) is 4.79 Å². The summed E-state index contributed by atoms with van der Waals surface area (Å²) in [6.45, 7) is 0.714. The van der Waals surface area contributed by atoms with E-state index in [-0.39, 0.29) is 12.5 Å². The lowest BCUT2D eigenvalue weighted by Gasteiger charge is -2.30. The van der Waals surface area contributed by atoms with Crippen LogP contribution in [0.2, 0.25) is 0 Å². The van der Waals surface area contributed by atoms with E-state index in [1.54, 1.807) is 12.0 Å². The molecule has 2 fully saturated rings. The van der Waals surface area contributed by atoms with Crippen molar-refractivity contribution in [3.63, 3.8) is 0 Å². The molecule has 0 unspecified atom stereocenters. The fraction of sp³-hybridized carbons (Fsp3) is 0.467. The lowest BCUT2D eigenvalue weighted by Crippen LogP contribution is -2.49. The predicted octanol–water partition coefficient (Wildman–Crippen LogP) is 0.320. The maximum atomic E-state index is 12.4. The molecule has 0 aromatic heterocycles. The third-order valence-electron chi connectivity index (χ3n) is 3.76. The molecule has 0 spiro atoms. The van der Waals surface area contributed by atoms with Crippen molar-refractivity contribution in [2.24, 2.45) is 0 Å². The number of ether oxygens (including phenoxy) is 4. The number of amides is 1. The van der Waals surface area contributed by atoms with Gasteiger partial charge in [-0.05, 0) is 17.7 Å². The molecule has 3 atom stereocenters. The zero-order valence-electron chi connectivity index (χ0n) is 12.4. The number of methoxy groups -OCH3 is 2. The van der Waals surface area contributed by atoms with E-state index in [2.05, 4.69) is 4.74 Å². The summed E-state index contributed by atoms with van der Waals surface area (Å²) in [4.78, 5) is 25.7. The van der Waals surface area contributed by atoms with Gasteiger partial charge in [0.25, 0.3) is 5.91 Å². The number of fused-ring (bicyclic) bond motifs is 2. The van der Waals surface area contributed by atoms with Gasteiger partial charge in [0, 0.05) is 6.54 Å². The first-order valence-corrected chi connectivity index (χ1v) is 6.93. The summed E-state index contributed by atoms with van der Waals surface area (Å²) in [5.74, 6) is -0.0988. The molecule has 1 aromatic rings. The number of benzene rings is 1. The molecule has 1 aromatic carbocycles. The van der Waals surface area contributed by atoms with Crippen LogP contribution in [0.5, 0.6) is 5.75 Å². The molecule has 2 aliphatic heterocycles. The first kappa shape index (κ1) is 14.8. The molecule has 2 heterocycles. The molecule has 0 saturated carbocycles. The van der Waals surface area contributed by atoms with Crippen LogP contribution < -0.4 is 4.74 Å². The summed E-state index contributed by atoms with van der Waals surface area (Å²) in [6, 6.07) is 7.45. The Morgan fingerprint density at radius 1 is 1.27 bits per heavy atom. The molecule has 0 radical (unpaired) electrons. The largest absolute Gasteiger partial charge is 0.497 e. The van der Waals surface area contributed by atoms with E-state index in [0.29, 0.717) is 6.54 Å². The summed E-state index contributed by atoms with van der Waals surface area (Å²) in [6.07, 6.45) is -2.50. The van der Waals surface area contributed by atoms with E-state index in [0.717, 1.165) is 11.3 Å². The van der Waals surface area contributed by atoms with Crippen LogP contribution in [0.15, 0.2) is 24.3 Å². The van der Waals surface area contributed by atoms with Crippen molar-refractivity contribution in [1.29, 1.82) is 0 Å². The highest BCUT2D eigenvalue weighted by molar-refractivity contribution is 5.90. The Bertz CT molecular complexity index is 572. The minimum absolute atomic E-state index is 0.264. The van der Waals surface area contributed by atoms with Crippen LogP contribution in [-0.2, 0) is 30.3 Å². The highest BCUT2D eigenvalue weighted by atomic mass is 16.7. The van der Waals surface area contributed by atoms with E-state index in [4.69, 9.17) is 14.2 Å². The van der Waals surface area contributed by atoms with Crippen molar-refractivity contribution in [2.75, 3.05) is 20.8 Å². The van der Waals surface area contributed by atoms with Gasteiger partial charge in [-0.1, -0.05) is 12.1 Å². The fourth-order valence-corrected chi connectivity index (χ4v) is 2.61. The van der Waals surface area contributed by atoms with Crippen LogP contribution in [0.1, 0.15) is 5.56 Å². The zero-order chi connectivity index (χ0) is 15.7. The standard InChI is InChI=1S/C15H17NO6/c1-19-10-5-3-9(4-6-10)7-16-8-11-21-12(14(16)17)13(22-11)15(18)20-2/h3-6,11-13H,7-8H2,1-2H3/t11-,12+,13+/m0/s1. The van der Waals surface area contributed by atoms with Gasteiger partial charge in [0.15, 0.2) is 18.5 Å². The van der Waals surface area contributed by atoms with Gasteiger partial charge in [-0.25, -0.2) is 4.79 Å². The lowest BCUT2D eigenvalue weighted by atomic mass is 10.1. The highest BCUT2D eigenvalue weighted by Crippen LogP contribution is 2.28. The first-order chi connectivity index (χ1) is 10.6. The van der Waals surface area contributed by atoms with Gasteiger partial charge in [-0.2, -0.15) is 0 Å². The summed E-state index contributed by atoms with van der Waals surface area (Å²) in [5.41, 5.74) is 0.963. The smallest absolute Gasteiger partial charge is 0.338 e. The Kier molecular flexibility index (Phi) is 4.00. The topological polar surface area (TPSA) is 74.3 Å². The fourth-order valence-electron chi connectivity index (χ4n) is 2.61. The molecule has 1 amide bonds. The second kappa shape index (κ2) is 5.94. The molecular formula is C15H17NO6. The average molecular weight is 307 g/mol. The van der Waals surface area contributed by atoms with Crippen LogP contribution in [0.4, 0.5) is 0 Å². The summed E-state index contributed by atoms with van der Waals surface area (Å²) >= 11 is 0. The quantitative estimate of drug-likeness (QED) is 0.746. The number of rotatable bonds is 4. The number of carbonyl (C=O) groups is 2. The molecule has 7 nitrogen and oxygen atoms in total. The number of hydrogen-bond donors (Lipinski definition) is 0. The zero-order valence-corrected chi connectivity index (χ0v) is 12.4. The molecular weight excluding hydrogens is 290 g/mol. The minimum Gasteiger partial charge on any atom is -0.497 e. The molecule has 118 valence electrons. The molecule has 2 aliphatic rings. The Balaban J connectivity index is 1.71. The SMILES string of the molecule is COC(=O)[C@@H]1O[C@H]2CN(Cc3ccc(OC)cc3)C(=O)[C@@H]1O2. The van der Waals surface area contributed by atoms with Crippen molar-refractivity contribution in [3.8, 4) is 5.75 Å². The van der Waals surface area contributed by atoms with Crippen LogP contribution in [0, 0.1) is 0 Å². The molecule has 7 heteroatoms. The molecule has 0 aliphatic carbocycles.